The van der Waals surface area contributed by atoms with E-state index < -0.39 is 45.3 Å². The normalized spacial score (nSPS) is 12.6. The van der Waals surface area contributed by atoms with Crippen molar-refractivity contribution in [1.29, 1.82) is 0 Å². The third kappa shape index (κ3) is 21.3. The van der Waals surface area contributed by atoms with Gasteiger partial charge in [-0.25, -0.2) is 19.2 Å². The number of carbonyl (C=O) groups excluding carboxylic acids is 8. The Balaban J connectivity index is 0.000000244. The number of amides is 4. The number of anilines is 4. The fraction of sp³-hybridized carbons (Fsp3) is 0.347. The fourth-order valence-corrected chi connectivity index (χ4v) is 6.66. The molecular weight excluding hydrogens is 978 g/mol. The molecule has 4 aromatic carbocycles. The minimum Gasteiger partial charge on any atom is -0.450 e. The number of ether oxygens (including phenoxy) is 4. The highest BCUT2D eigenvalue weighted by molar-refractivity contribution is 6.68. The van der Waals surface area contributed by atoms with E-state index in [1.165, 1.54) is 23.1 Å². The molecule has 0 bridgehead atoms. The average Bonchev–Trinajstić information content (AvgIpc) is 3.81. The summed E-state index contributed by atoms with van der Waals surface area (Å²) < 4.78 is 20.2. The van der Waals surface area contributed by atoms with Gasteiger partial charge in [0.2, 0.25) is 0 Å². The van der Waals surface area contributed by atoms with Crippen LogP contribution in [0.3, 0.4) is 0 Å². The van der Waals surface area contributed by atoms with Gasteiger partial charge in [-0.2, -0.15) is 0 Å². The zero-order valence-corrected chi connectivity index (χ0v) is 41.4. The summed E-state index contributed by atoms with van der Waals surface area (Å²) in [7, 11) is 0. The molecule has 0 saturated heterocycles. The van der Waals surface area contributed by atoms with Crippen LogP contribution < -0.4 is 20.9 Å². The lowest BCUT2D eigenvalue weighted by atomic mass is 9.96. The lowest BCUT2D eigenvalue weighted by Gasteiger charge is -2.26. The highest BCUT2D eigenvalue weighted by Crippen LogP contribution is 2.24. The summed E-state index contributed by atoms with van der Waals surface area (Å²) in [6.45, 7) is 8.05. The summed E-state index contributed by atoms with van der Waals surface area (Å²) >= 11 is 21.5. The van der Waals surface area contributed by atoms with Gasteiger partial charge in [-0.05, 0) is 191 Å². The average molecular weight is 1030 g/mol. The summed E-state index contributed by atoms with van der Waals surface area (Å²) in [6.07, 6.45) is 5.87. The number of rotatable bonds is 14. The van der Waals surface area contributed by atoms with Crippen LogP contribution in [0, 0.1) is 0 Å². The molecule has 2 saturated carbocycles. The van der Waals surface area contributed by atoms with Crippen LogP contribution in [-0.4, -0.2) is 76.8 Å². The third-order valence-corrected chi connectivity index (χ3v) is 10.6. The minimum atomic E-state index is -0.567. The summed E-state index contributed by atoms with van der Waals surface area (Å²) in [4.78, 5) is 91.5. The van der Waals surface area contributed by atoms with Crippen LogP contribution in [0.25, 0.3) is 0 Å². The summed E-state index contributed by atoms with van der Waals surface area (Å²) in [5.74, 6) is 0. The molecule has 0 unspecified atom stereocenters. The van der Waals surface area contributed by atoms with Crippen LogP contribution in [0.5, 0.6) is 0 Å². The maximum absolute atomic E-state index is 12.0. The van der Waals surface area contributed by atoms with Gasteiger partial charge < -0.3 is 18.9 Å². The van der Waals surface area contributed by atoms with Crippen LogP contribution in [0.2, 0.25) is 0 Å². The zero-order chi connectivity index (χ0) is 50.9. The monoisotopic (exact) mass is 1030 g/mol. The van der Waals surface area contributed by atoms with Gasteiger partial charge in [0.05, 0.1) is 13.2 Å². The molecule has 6 rings (SSSR count). The Morgan fingerprint density at radius 1 is 0.536 bits per heavy atom. The van der Waals surface area contributed by atoms with Gasteiger partial charge in [-0.1, -0.05) is 31.2 Å². The Labute approximate surface area is 420 Å². The maximum Gasteiger partial charge on any atom is 0.414 e. The maximum atomic E-state index is 12.0. The predicted molar refractivity (Wildman–Crippen MR) is 267 cm³/mol. The first-order chi connectivity index (χ1) is 32.9. The van der Waals surface area contributed by atoms with Crippen molar-refractivity contribution in [2.24, 2.45) is 0 Å². The van der Waals surface area contributed by atoms with Crippen molar-refractivity contribution in [3.05, 3.63) is 119 Å². The zero-order valence-electron chi connectivity index (χ0n) is 38.4. The van der Waals surface area contributed by atoms with E-state index >= 15 is 0 Å². The van der Waals surface area contributed by atoms with E-state index in [0.29, 0.717) is 58.2 Å². The molecule has 0 heterocycles. The van der Waals surface area contributed by atoms with Crippen LogP contribution >= 0.6 is 46.4 Å². The van der Waals surface area contributed by atoms with E-state index in [0.717, 1.165) is 51.4 Å². The molecule has 20 heteroatoms. The smallest absolute Gasteiger partial charge is 0.414 e. The second-order valence-electron chi connectivity index (χ2n) is 15.3. The molecule has 2 aliphatic rings. The topological polar surface area (TPSA) is 213 Å². The van der Waals surface area contributed by atoms with Crippen molar-refractivity contribution in [3.63, 3.8) is 0 Å². The number of halogens is 4. The van der Waals surface area contributed by atoms with Crippen LogP contribution in [0.1, 0.15) is 120 Å². The van der Waals surface area contributed by atoms with Crippen molar-refractivity contribution >= 4 is 114 Å². The highest BCUT2D eigenvalue weighted by atomic mass is 35.5. The quantitative estimate of drug-likeness (QED) is 0.0795. The Hall–Kier alpha value is -6.20. The number of nitrogens with one attached hydrogen (secondary N) is 3. The van der Waals surface area contributed by atoms with Crippen molar-refractivity contribution in [2.45, 2.75) is 97.3 Å². The number of benzene rings is 4. The molecule has 0 aromatic heterocycles. The molecule has 4 aromatic rings. The molecular formula is C49H54Cl4N4O12. The molecule has 370 valence electrons. The van der Waals surface area contributed by atoms with Gasteiger partial charge in [-0.15, -0.1) is 0 Å². The van der Waals surface area contributed by atoms with E-state index in [4.69, 9.17) is 60.6 Å². The van der Waals surface area contributed by atoms with E-state index in [1.807, 2.05) is 20.8 Å². The minimum absolute atomic E-state index is 0.0165. The standard InChI is InChI=1S/C14H18ClNO3.C13H14ClNO3.C12H12ClNO3.C10H10ClNO3/c1-4-8-19-14(18)16(10(2)3)12-7-5-6-11(9-12)13(15)17;14-12(16)9-4-3-5-10(8-9)15-13(17)18-11-6-1-2-7-11;13-11(15)8-3-1-4-9(7-8)14-12(16)17-10-5-2-6-10;1-2-15-10(14)12-8-5-3-4-7(6-8)9(11)13/h5-7,9-10H,4,8H2,1-3H3;3-5,8,11H,1-2,6-7H2,(H,15,17);1,3-4,7,10H,2,5-6H2,(H,14,16);3-6H,2H2,1H3,(H,12,14). The molecule has 0 atom stereocenters. The molecule has 16 nitrogen and oxygen atoms in total. The molecule has 0 radical (unpaired) electrons. The first-order valence-corrected chi connectivity index (χ1v) is 23.5. The van der Waals surface area contributed by atoms with Crippen molar-refractivity contribution in [2.75, 3.05) is 34.1 Å². The van der Waals surface area contributed by atoms with E-state index in [2.05, 4.69) is 20.7 Å². The summed E-state index contributed by atoms with van der Waals surface area (Å²) in [5.41, 5.74) is 3.44. The Morgan fingerprint density at radius 2 is 0.913 bits per heavy atom. The molecule has 69 heavy (non-hydrogen) atoms. The lowest BCUT2D eigenvalue weighted by molar-refractivity contribution is 0.0623. The number of hydrogen-bond donors (Lipinski definition) is 3. The fourth-order valence-electron chi connectivity index (χ4n) is 6.19. The second-order valence-corrected chi connectivity index (χ2v) is 16.7. The molecule has 2 fully saturated rings. The van der Waals surface area contributed by atoms with Crippen LogP contribution in [0.4, 0.5) is 41.9 Å². The van der Waals surface area contributed by atoms with E-state index in [9.17, 15) is 38.4 Å². The lowest BCUT2D eigenvalue weighted by Crippen LogP contribution is -2.37. The van der Waals surface area contributed by atoms with Crippen molar-refractivity contribution in [1.82, 2.24) is 0 Å². The first kappa shape index (κ1) is 57.1. The SMILES string of the molecule is CCCOC(=O)N(c1cccc(C(=O)Cl)c1)C(C)C.CCOC(=O)Nc1cccc(C(=O)Cl)c1.O=C(Nc1cccc(C(=O)Cl)c1)OC1CCC1.O=C(Nc1cccc(C(=O)Cl)c1)OC1CCCC1. The second kappa shape index (κ2) is 30.3. The number of carbonyl (C=O) groups is 8. The van der Waals surface area contributed by atoms with Crippen molar-refractivity contribution in [3.8, 4) is 0 Å². The van der Waals surface area contributed by atoms with E-state index in [1.54, 1.807) is 85.8 Å². The predicted octanol–water partition coefficient (Wildman–Crippen LogP) is 13.2. The number of nitrogens with zero attached hydrogens (tertiary/aromatic N) is 1. The van der Waals surface area contributed by atoms with Crippen LogP contribution in [0.15, 0.2) is 97.1 Å². The van der Waals surface area contributed by atoms with Gasteiger partial charge >= 0.3 is 24.4 Å². The summed E-state index contributed by atoms with van der Waals surface area (Å²) in [6, 6.07) is 25.7. The molecule has 0 spiro atoms. The van der Waals surface area contributed by atoms with Gasteiger partial charge in [0, 0.05) is 51.0 Å². The first-order valence-electron chi connectivity index (χ1n) is 21.9. The highest BCUT2D eigenvalue weighted by Gasteiger charge is 2.23. The van der Waals surface area contributed by atoms with Gasteiger partial charge in [0.1, 0.15) is 12.2 Å². The van der Waals surface area contributed by atoms with Crippen molar-refractivity contribution < 1.29 is 57.3 Å². The Bertz CT molecular complexity index is 2390. The molecule has 2 aliphatic carbocycles. The van der Waals surface area contributed by atoms with Gasteiger partial charge in [0.15, 0.2) is 0 Å². The Morgan fingerprint density at radius 3 is 1.26 bits per heavy atom. The third-order valence-electron chi connectivity index (χ3n) is 9.68. The Kier molecular flexibility index (Phi) is 25.1. The van der Waals surface area contributed by atoms with Crippen LogP contribution in [-0.2, 0) is 18.9 Å². The molecule has 4 amide bonds. The van der Waals surface area contributed by atoms with Gasteiger partial charge in [-0.3, -0.25) is 40.0 Å². The largest absolute Gasteiger partial charge is 0.450 e. The number of hydrogen-bond acceptors (Lipinski definition) is 12. The molecule has 0 aliphatic heterocycles. The van der Waals surface area contributed by atoms with Gasteiger partial charge in [0.25, 0.3) is 21.0 Å². The molecule has 3 N–H and O–H groups in total. The summed E-state index contributed by atoms with van der Waals surface area (Å²) in [5, 5.41) is 5.40. The van der Waals surface area contributed by atoms with E-state index in [-0.39, 0.29) is 18.2 Å².